The summed E-state index contributed by atoms with van der Waals surface area (Å²) >= 11 is 1.27. The predicted octanol–water partition coefficient (Wildman–Crippen LogP) is 7.67. The molecule has 10 heteroatoms. The summed E-state index contributed by atoms with van der Waals surface area (Å²) in [5.41, 5.74) is 2.70. The largest absolute Gasteiger partial charge is 0.494 e. The third-order valence-corrected chi connectivity index (χ3v) is 8.34. The molecule has 0 spiro atoms. The van der Waals surface area contributed by atoms with Crippen LogP contribution < -0.4 is 20.7 Å². The maximum absolute atomic E-state index is 13.7. The van der Waals surface area contributed by atoms with Crippen molar-refractivity contribution < 1.29 is 29.0 Å². The van der Waals surface area contributed by atoms with Crippen molar-refractivity contribution in [2.45, 2.75) is 17.1 Å². The maximum Gasteiger partial charge on any atom is 0.335 e. The fraction of sp³-hybridized carbons (Fsp3) is 0.0769. The molecule has 1 unspecified atom stereocenters. The van der Waals surface area contributed by atoms with Gasteiger partial charge in [-0.1, -0.05) is 72.8 Å². The first kappa shape index (κ1) is 34.2. The average Bonchev–Trinajstić information content (AvgIpc) is 3.12. The molecule has 0 saturated carbocycles. The number of carbonyl (C=O) groups excluding carboxylic acids is 3. The zero-order valence-corrected chi connectivity index (χ0v) is 27.3. The monoisotopic (exact) mass is 671 g/mol. The van der Waals surface area contributed by atoms with E-state index in [0.717, 1.165) is 5.56 Å². The lowest BCUT2D eigenvalue weighted by molar-refractivity contribution is -0.116. The van der Waals surface area contributed by atoms with Crippen molar-refractivity contribution in [3.63, 3.8) is 0 Å². The number of nitrogens with one attached hydrogen (secondary N) is 3. The number of anilines is 2. The molecule has 0 bridgehead atoms. The molecule has 0 aliphatic carbocycles. The summed E-state index contributed by atoms with van der Waals surface area (Å²) in [5.74, 6) is -1.75. The molecule has 5 aromatic carbocycles. The van der Waals surface area contributed by atoms with Gasteiger partial charge >= 0.3 is 5.97 Å². The Morgan fingerprint density at radius 3 is 2.04 bits per heavy atom. The van der Waals surface area contributed by atoms with E-state index in [1.165, 1.54) is 23.9 Å². The lowest BCUT2D eigenvalue weighted by Gasteiger charge is -2.18. The summed E-state index contributed by atoms with van der Waals surface area (Å²) in [6.07, 6.45) is 1.58. The Morgan fingerprint density at radius 2 is 1.37 bits per heavy atom. The van der Waals surface area contributed by atoms with Gasteiger partial charge in [0.05, 0.1) is 12.2 Å². The fourth-order valence-electron chi connectivity index (χ4n) is 4.76. The molecule has 49 heavy (non-hydrogen) atoms. The summed E-state index contributed by atoms with van der Waals surface area (Å²) in [6, 6.07) is 38.0. The molecule has 246 valence electrons. The van der Waals surface area contributed by atoms with Crippen LogP contribution in [0.4, 0.5) is 11.4 Å². The number of amides is 3. The van der Waals surface area contributed by atoms with Gasteiger partial charge in [-0.2, -0.15) is 0 Å². The van der Waals surface area contributed by atoms with Gasteiger partial charge in [0.25, 0.3) is 11.8 Å². The van der Waals surface area contributed by atoms with Crippen molar-refractivity contribution in [1.29, 1.82) is 0 Å². The minimum atomic E-state index is -1.10. The number of ether oxygens (including phenoxy) is 1. The molecule has 0 radical (unpaired) electrons. The van der Waals surface area contributed by atoms with Crippen LogP contribution in [0.5, 0.6) is 5.75 Å². The van der Waals surface area contributed by atoms with Gasteiger partial charge < -0.3 is 25.8 Å². The molecular formula is C39H33N3O6S. The Hall–Kier alpha value is -6.13. The molecule has 0 aromatic heterocycles. The minimum absolute atomic E-state index is 0.0289. The molecule has 0 heterocycles. The van der Waals surface area contributed by atoms with Crippen LogP contribution in [0, 0.1) is 0 Å². The summed E-state index contributed by atoms with van der Waals surface area (Å²) in [6.45, 7) is 2.41. The first-order valence-corrected chi connectivity index (χ1v) is 16.2. The van der Waals surface area contributed by atoms with Gasteiger partial charge in [0.2, 0.25) is 5.91 Å². The van der Waals surface area contributed by atoms with E-state index in [9.17, 15) is 24.3 Å². The highest BCUT2D eigenvalue weighted by atomic mass is 32.2. The highest BCUT2D eigenvalue weighted by Gasteiger charge is 2.23. The van der Waals surface area contributed by atoms with Gasteiger partial charge in [0.15, 0.2) is 0 Å². The zero-order chi connectivity index (χ0) is 34.6. The fourth-order valence-corrected chi connectivity index (χ4v) is 5.84. The number of thioether (sulfide) groups is 1. The number of carbonyl (C=O) groups is 4. The van der Waals surface area contributed by atoms with E-state index < -0.39 is 23.0 Å². The van der Waals surface area contributed by atoms with Crippen molar-refractivity contribution in [3.8, 4) is 5.75 Å². The summed E-state index contributed by atoms with van der Waals surface area (Å²) in [5, 5.41) is 17.1. The van der Waals surface area contributed by atoms with Gasteiger partial charge in [-0.15, -0.1) is 11.8 Å². The molecule has 0 saturated heterocycles. The number of carboxylic acids is 1. The third kappa shape index (κ3) is 9.69. The predicted molar refractivity (Wildman–Crippen MR) is 192 cm³/mol. The van der Waals surface area contributed by atoms with Crippen LogP contribution in [0.2, 0.25) is 0 Å². The van der Waals surface area contributed by atoms with E-state index in [-0.39, 0.29) is 17.2 Å². The Kier molecular flexibility index (Phi) is 11.6. The number of benzene rings is 5. The van der Waals surface area contributed by atoms with Gasteiger partial charge in [0.1, 0.15) is 16.7 Å². The maximum atomic E-state index is 13.7. The van der Waals surface area contributed by atoms with Crippen LogP contribution in [0.3, 0.4) is 0 Å². The molecular weight excluding hydrogens is 639 g/mol. The standard InChI is InChI=1S/C39H33N3O6S/c1-2-48-32-21-19-26(20-22-32)23-34(42-36(43)28-13-7-4-8-14-28)37(44)40-31-17-10-18-33(25-31)49-35(27-11-5-3-6-12-27)38(45)41-30-16-9-15-29(24-30)39(46)47/h3-25,35H,2H2,1H3,(H,40,44)(H,41,45)(H,42,43)(H,46,47)/b34-23+. The van der Waals surface area contributed by atoms with Crippen LogP contribution in [0.15, 0.2) is 144 Å². The molecule has 1 atom stereocenters. The van der Waals surface area contributed by atoms with E-state index in [1.54, 1.807) is 91.0 Å². The van der Waals surface area contributed by atoms with Crippen molar-refractivity contribution in [3.05, 3.63) is 161 Å². The Labute approximate surface area is 288 Å². The number of aromatic carboxylic acids is 1. The first-order valence-electron chi connectivity index (χ1n) is 15.4. The van der Waals surface area contributed by atoms with E-state index in [4.69, 9.17) is 4.74 Å². The molecule has 5 aromatic rings. The molecule has 9 nitrogen and oxygen atoms in total. The van der Waals surface area contributed by atoms with Crippen LogP contribution in [0.25, 0.3) is 6.08 Å². The second kappa shape index (κ2) is 16.6. The summed E-state index contributed by atoms with van der Waals surface area (Å²) in [7, 11) is 0. The number of hydrogen-bond acceptors (Lipinski definition) is 6. The molecule has 3 amide bonds. The van der Waals surface area contributed by atoms with Crippen molar-refractivity contribution >= 4 is 52.9 Å². The number of hydrogen-bond donors (Lipinski definition) is 4. The highest BCUT2D eigenvalue weighted by molar-refractivity contribution is 8.00. The van der Waals surface area contributed by atoms with E-state index in [0.29, 0.717) is 39.8 Å². The second-order valence-corrected chi connectivity index (χ2v) is 11.8. The lowest BCUT2D eigenvalue weighted by atomic mass is 10.1. The molecule has 0 aliphatic rings. The molecule has 4 N–H and O–H groups in total. The van der Waals surface area contributed by atoms with Gasteiger partial charge in [-0.25, -0.2) is 4.79 Å². The van der Waals surface area contributed by atoms with Crippen molar-refractivity contribution in [1.82, 2.24) is 5.32 Å². The Bertz CT molecular complexity index is 1960. The van der Waals surface area contributed by atoms with Gasteiger partial charge in [0, 0.05) is 21.8 Å². The number of carboxylic acid groups (broad SMARTS) is 1. The van der Waals surface area contributed by atoms with Crippen LogP contribution in [-0.2, 0) is 9.59 Å². The van der Waals surface area contributed by atoms with E-state index in [2.05, 4.69) is 16.0 Å². The average molecular weight is 672 g/mol. The normalized spacial score (nSPS) is 11.6. The first-order chi connectivity index (χ1) is 23.8. The van der Waals surface area contributed by atoms with Crippen LogP contribution in [0.1, 0.15) is 44.0 Å². The van der Waals surface area contributed by atoms with E-state index in [1.807, 2.05) is 43.3 Å². The summed E-state index contributed by atoms with van der Waals surface area (Å²) in [4.78, 5) is 52.5. The lowest BCUT2D eigenvalue weighted by Crippen LogP contribution is -2.30. The Morgan fingerprint density at radius 1 is 0.735 bits per heavy atom. The number of rotatable bonds is 13. The quantitative estimate of drug-likeness (QED) is 0.0746. The van der Waals surface area contributed by atoms with Crippen molar-refractivity contribution in [2.24, 2.45) is 0 Å². The topological polar surface area (TPSA) is 134 Å². The van der Waals surface area contributed by atoms with Crippen molar-refractivity contribution in [2.75, 3.05) is 17.2 Å². The molecule has 0 fully saturated rings. The van der Waals surface area contributed by atoms with Crippen LogP contribution in [-0.4, -0.2) is 35.4 Å². The zero-order valence-electron chi connectivity index (χ0n) is 26.5. The van der Waals surface area contributed by atoms with Gasteiger partial charge in [-0.05, 0) is 84.8 Å². The van der Waals surface area contributed by atoms with Gasteiger partial charge in [-0.3, -0.25) is 14.4 Å². The second-order valence-electron chi connectivity index (χ2n) is 10.6. The SMILES string of the molecule is CCOc1ccc(/C=C(/NC(=O)c2ccccc2)C(=O)Nc2cccc(SC(C(=O)Nc3cccc(C(=O)O)c3)c3ccccc3)c2)cc1. The third-order valence-electron chi connectivity index (χ3n) is 7.09. The smallest absolute Gasteiger partial charge is 0.335 e. The van der Waals surface area contributed by atoms with Crippen LogP contribution >= 0.6 is 11.8 Å². The molecule has 0 aliphatic heterocycles. The molecule has 5 rings (SSSR count). The van der Waals surface area contributed by atoms with E-state index >= 15 is 0 Å². The Balaban J connectivity index is 1.37. The minimum Gasteiger partial charge on any atom is -0.494 e. The highest BCUT2D eigenvalue weighted by Crippen LogP contribution is 2.37. The summed E-state index contributed by atoms with van der Waals surface area (Å²) < 4.78 is 5.52.